The zero-order valence-corrected chi connectivity index (χ0v) is 19.2. The highest BCUT2D eigenvalue weighted by atomic mass is 19.1. The minimum atomic E-state index is -0.666. The third-order valence-corrected chi connectivity index (χ3v) is 7.99. The molecule has 7 heteroatoms. The number of hydrogen-bond acceptors (Lipinski definition) is 4. The second-order valence-corrected chi connectivity index (χ2v) is 9.87. The van der Waals surface area contributed by atoms with Crippen LogP contribution in [0.5, 0.6) is 0 Å². The van der Waals surface area contributed by atoms with Gasteiger partial charge in [-0.1, -0.05) is 26.8 Å². The molecule has 2 heterocycles. The smallest absolute Gasteiger partial charge is 0.229 e. The van der Waals surface area contributed by atoms with E-state index in [9.17, 15) is 13.6 Å². The number of rotatable bonds is 5. The van der Waals surface area contributed by atoms with E-state index < -0.39 is 17.0 Å². The van der Waals surface area contributed by atoms with Crippen molar-refractivity contribution < 1.29 is 18.3 Å². The summed E-state index contributed by atoms with van der Waals surface area (Å²) in [6.07, 6.45) is 5.15. The van der Waals surface area contributed by atoms with Crippen molar-refractivity contribution in [3.63, 3.8) is 0 Å². The lowest BCUT2D eigenvalue weighted by molar-refractivity contribution is -0.148. The molecule has 1 aromatic heterocycles. The number of carbonyl (C=O) groups excluding carboxylic acids is 1. The van der Waals surface area contributed by atoms with Crippen LogP contribution >= 0.6 is 0 Å². The summed E-state index contributed by atoms with van der Waals surface area (Å²) in [5.74, 6) is -1.14. The van der Waals surface area contributed by atoms with E-state index in [0.29, 0.717) is 6.61 Å². The van der Waals surface area contributed by atoms with Gasteiger partial charge in [-0.3, -0.25) is 4.79 Å². The maximum absolute atomic E-state index is 14.3. The molecule has 4 rings (SSSR count). The Kier molecular flexibility index (Phi) is 6.05. The minimum absolute atomic E-state index is 0.0176. The monoisotopic (exact) mass is 443 g/mol. The second-order valence-electron chi connectivity index (χ2n) is 9.87. The number of likely N-dealkylation sites (tertiary alicyclic amines) is 1. The molecule has 1 aliphatic heterocycles. The number of carbonyl (C=O) groups is 1. The van der Waals surface area contributed by atoms with E-state index in [1.165, 1.54) is 18.2 Å². The number of hydrogen-bond donors (Lipinski definition) is 0. The van der Waals surface area contributed by atoms with Crippen molar-refractivity contribution in [3.8, 4) is 11.3 Å². The number of benzene rings is 1. The Bertz CT molecular complexity index is 992. The van der Waals surface area contributed by atoms with E-state index in [4.69, 9.17) is 4.74 Å². The molecule has 0 radical (unpaired) electrons. The highest BCUT2D eigenvalue weighted by Crippen LogP contribution is 2.60. The molecule has 1 saturated heterocycles. The van der Waals surface area contributed by atoms with Crippen LogP contribution in [0.4, 0.5) is 8.78 Å². The van der Waals surface area contributed by atoms with Crippen LogP contribution in [0.25, 0.3) is 11.3 Å². The molecule has 0 spiro atoms. The Hall–Kier alpha value is -2.41. The van der Waals surface area contributed by atoms with Crippen molar-refractivity contribution in [3.05, 3.63) is 47.7 Å². The first-order valence-corrected chi connectivity index (χ1v) is 11.3. The number of ether oxygens (including phenoxy) is 1. The summed E-state index contributed by atoms with van der Waals surface area (Å²) in [6, 6.07) is 5.61. The lowest BCUT2D eigenvalue weighted by Gasteiger charge is -2.43. The molecule has 172 valence electrons. The normalized spacial score (nSPS) is 27.1. The standard InChI is InChI=1S/C25H31F2N3O2/c1-24(2)18(10-11-25(24,3)23(31)30-12-6-7-17(30)15-32-4)16-13-21(29-28-14-16)22-19(26)8-5-9-20(22)27/h5,8-9,13-14,17-18H,6-7,10-12,15H2,1-4H3/t17-,18+,25+/m0/s1. The van der Waals surface area contributed by atoms with E-state index in [-0.39, 0.29) is 34.5 Å². The highest BCUT2D eigenvalue weighted by Gasteiger charge is 2.58. The molecular formula is C25H31F2N3O2. The van der Waals surface area contributed by atoms with Crippen LogP contribution in [-0.4, -0.2) is 47.3 Å². The number of methoxy groups -OCH3 is 1. The van der Waals surface area contributed by atoms with Gasteiger partial charge in [-0.25, -0.2) is 8.78 Å². The third kappa shape index (κ3) is 3.60. The van der Waals surface area contributed by atoms with Gasteiger partial charge in [0.15, 0.2) is 0 Å². The van der Waals surface area contributed by atoms with Gasteiger partial charge in [0.05, 0.1) is 35.5 Å². The van der Waals surface area contributed by atoms with Crippen molar-refractivity contribution in [2.45, 2.75) is 58.4 Å². The summed E-state index contributed by atoms with van der Waals surface area (Å²) in [5.41, 5.74) is -0.0717. The summed E-state index contributed by atoms with van der Waals surface area (Å²) < 4.78 is 34.0. The fourth-order valence-corrected chi connectivity index (χ4v) is 5.69. The van der Waals surface area contributed by atoms with Gasteiger partial charge in [-0.15, -0.1) is 0 Å². The zero-order valence-electron chi connectivity index (χ0n) is 19.2. The van der Waals surface area contributed by atoms with Crippen molar-refractivity contribution >= 4 is 5.91 Å². The molecule has 32 heavy (non-hydrogen) atoms. The van der Waals surface area contributed by atoms with E-state index in [1.54, 1.807) is 19.4 Å². The maximum Gasteiger partial charge on any atom is 0.229 e. The first-order chi connectivity index (χ1) is 15.2. The first kappa shape index (κ1) is 22.8. The molecule has 0 bridgehead atoms. The van der Waals surface area contributed by atoms with Crippen molar-refractivity contribution in [2.75, 3.05) is 20.3 Å². The molecule has 2 aliphatic rings. The fourth-order valence-electron chi connectivity index (χ4n) is 5.69. The maximum atomic E-state index is 14.3. The zero-order chi connectivity index (χ0) is 23.1. The summed E-state index contributed by atoms with van der Waals surface area (Å²) in [6.45, 7) is 7.61. The Morgan fingerprint density at radius 1 is 1.22 bits per heavy atom. The molecule has 1 amide bonds. The molecular weight excluding hydrogens is 412 g/mol. The van der Waals surface area contributed by atoms with Gasteiger partial charge in [-0.05, 0) is 60.8 Å². The molecule has 0 N–H and O–H groups in total. The van der Waals surface area contributed by atoms with Gasteiger partial charge in [0.25, 0.3) is 0 Å². The summed E-state index contributed by atoms with van der Waals surface area (Å²) in [4.78, 5) is 15.8. The summed E-state index contributed by atoms with van der Waals surface area (Å²) >= 11 is 0. The average Bonchev–Trinajstić information content (AvgIpc) is 3.30. The van der Waals surface area contributed by atoms with Gasteiger partial charge < -0.3 is 9.64 Å². The van der Waals surface area contributed by atoms with E-state index in [1.807, 2.05) is 4.90 Å². The highest BCUT2D eigenvalue weighted by molar-refractivity contribution is 5.84. The molecule has 3 atom stereocenters. The van der Waals surface area contributed by atoms with Gasteiger partial charge in [0.1, 0.15) is 11.6 Å². The number of nitrogens with zero attached hydrogens (tertiary/aromatic N) is 3. The summed E-state index contributed by atoms with van der Waals surface area (Å²) in [7, 11) is 1.67. The lowest BCUT2D eigenvalue weighted by Crippen LogP contribution is -2.51. The molecule has 2 aromatic rings. The van der Waals surface area contributed by atoms with E-state index in [0.717, 1.165) is 37.8 Å². The van der Waals surface area contributed by atoms with Gasteiger partial charge in [0.2, 0.25) is 5.91 Å². The van der Waals surface area contributed by atoms with Gasteiger partial charge in [-0.2, -0.15) is 10.2 Å². The van der Waals surface area contributed by atoms with Crippen LogP contribution in [0.1, 0.15) is 57.9 Å². The largest absolute Gasteiger partial charge is 0.383 e. The Morgan fingerprint density at radius 3 is 2.62 bits per heavy atom. The lowest BCUT2D eigenvalue weighted by atomic mass is 9.63. The Balaban J connectivity index is 1.65. The number of amides is 1. The molecule has 1 aliphatic carbocycles. The quantitative estimate of drug-likeness (QED) is 0.655. The van der Waals surface area contributed by atoms with Crippen LogP contribution < -0.4 is 0 Å². The summed E-state index contributed by atoms with van der Waals surface area (Å²) in [5, 5.41) is 8.06. The van der Waals surface area contributed by atoms with Crippen LogP contribution in [0.3, 0.4) is 0 Å². The second kappa shape index (κ2) is 8.50. The van der Waals surface area contributed by atoms with Gasteiger partial charge in [0, 0.05) is 13.7 Å². The topological polar surface area (TPSA) is 55.3 Å². The van der Waals surface area contributed by atoms with Crippen molar-refractivity contribution in [2.24, 2.45) is 10.8 Å². The van der Waals surface area contributed by atoms with Crippen LogP contribution in [-0.2, 0) is 9.53 Å². The molecule has 1 aromatic carbocycles. The Morgan fingerprint density at radius 2 is 1.94 bits per heavy atom. The van der Waals surface area contributed by atoms with Gasteiger partial charge >= 0.3 is 0 Å². The average molecular weight is 444 g/mol. The molecule has 2 fully saturated rings. The predicted octanol–water partition coefficient (Wildman–Crippen LogP) is 4.97. The molecule has 0 unspecified atom stereocenters. The van der Waals surface area contributed by atoms with E-state index >= 15 is 0 Å². The van der Waals surface area contributed by atoms with Crippen molar-refractivity contribution in [1.82, 2.24) is 15.1 Å². The van der Waals surface area contributed by atoms with E-state index in [2.05, 4.69) is 31.0 Å². The van der Waals surface area contributed by atoms with Crippen LogP contribution in [0, 0.1) is 22.5 Å². The third-order valence-electron chi connectivity index (χ3n) is 7.99. The van der Waals surface area contributed by atoms with Crippen molar-refractivity contribution in [1.29, 1.82) is 0 Å². The minimum Gasteiger partial charge on any atom is -0.383 e. The Labute approximate surface area is 188 Å². The fraction of sp³-hybridized carbons (Fsp3) is 0.560. The molecule has 1 saturated carbocycles. The SMILES string of the molecule is COC[C@@H]1CCCN1C(=O)[C@@]1(C)CC[C@H](c2cnnc(-c3c(F)cccc3F)c2)C1(C)C. The number of aromatic nitrogens is 2. The first-order valence-electron chi connectivity index (χ1n) is 11.3. The molecule has 5 nitrogen and oxygen atoms in total. The van der Waals surface area contributed by atoms with Crippen LogP contribution in [0.2, 0.25) is 0 Å². The number of halogens is 2. The van der Waals surface area contributed by atoms with Crippen LogP contribution in [0.15, 0.2) is 30.5 Å². The predicted molar refractivity (Wildman–Crippen MR) is 118 cm³/mol.